The van der Waals surface area contributed by atoms with Crippen LogP contribution in [-0.4, -0.2) is 47.9 Å². The summed E-state index contributed by atoms with van der Waals surface area (Å²) in [5, 5.41) is 16.1. The van der Waals surface area contributed by atoms with Crippen molar-refractivity contribution in [2.24, 2.45) is 0 Å². The lowest BCUT2D eigenvalue weighted by Crippen LogP contribution is -2.38. The Morgan fingerprint density at radius 3 is 2.51 bits per heavy atom. The number of imide groups is 1. The number of nitrogens with zero attached hydrogens (tertiary/aromatic N) is 2. The molecular weight excluding hydrogens is 556 g/mol. The second-order valence-corrected chi connectivity index (χ2v) is 9.01. The number of halogens is 1. The predicted octanol–water partition coefficient (Wildman–Crippen LogP) is 4.77. The highest BCUT2D eigenvalue weighted by Crippen LogP contribution is 2.38. The summed E-state index contributed by atoms with van der Waals surface area (Å²) < 4.78 is 16.7. The number of amides is 4. The molecule has 212 valence electrons. The monoisotopic (exact) mass is 580 g/mol. The molecule has 1 aliphatic rings. The fourth-order valence-electron chi connectivity index (χ4n) is 3.91. The van der Waals surface area contributed by atoms with Crippen LogP contribution in [0.15, 0.2) is 66.4 Å². The van der Waals surface area contributed by atoms with Crippen LogP contribution in [-0.2, 0) is 16.2 Å². The average Bonchev–Trinajstić information content (AvgIpc) is 3.20. The third-order valence-corrected chi connectivity index (χ3v) is 6.10. The number of nitro benzene ring substituents is 1. The standard InChI is InChI=1S/C28H25ClN4O8/c1-3-40-24-14-18(12-20(29)26(24)41-16-17-8-10-19(11-9-17)33(37)38)13-22-27(35)32(28(36)31-22)15-25(34)30-21-6-4-5-7-23(21)39-2/h4-14H,3,15-16H2,1-2H3,(H,30,34)(H,31,36)/b22-13+. The van der Waals surface area contributed by atoms with Crippen LogP contribution < -0.4 is 24.8 Å². The van der Waals surface area contributed by atoms with Gasteiger partial charge in [-0.1, -0.05) is 23.7 Å². The zero-order chi connectivity index (χ0) is 29.5. The largest absolute Gasteiger partial charge is 0.495 e. The minimum atomic E-state index is -0.754. The van der Waals surface area contributed by atoms with E-state index in [1.165, 1.54) is 31.4 Å². The molecule has 1 fully saturated rings. The Labute approximate surface area is 239 Å². The van der Waals surface area contributed by atoms with E-state index in [-0.39, 0.29) is 35.4 Å². The van der Waals surface area contributed by atoms with Crippen molar-refractivity contribution in [3.05, 3.63) is 92.6 Å². The highest BCUT2D eigenvalue weighted by Gasteiger charge is 2.35. The number of anilines is 1. The van der Waals surface area contributed by atoms with Crippen LogP contribution >= 0.6 is 11.6 Å². The molecule has 0 aromatic heterocycles. The van der Waals surface area contributed by atoms with E-state index < -0.39 is 29.3 Å². The van der Waals surface area contributed by atoms with E-state index in [9.17, 15) is 24.5 Å². The second kappa shape index (κ2) is 12.8. The molecule has 4 amide bonds. The summed E-state index contributed by atoms with van der Waals surface area (Å²) in [6.07, 6.45) is 1.41. The summed E-state index contributed by atoms with van der Waals surface area (Å²) in [6.45, 7) is 1.61. The van der Waals surface area contributed by atoms with E-state index in [0.717, 1.165) is 4.90 Å². The third-order valence-electron chi connectivity index (χ3n) is 5.82. The van der Waals surface area contributed by atoms with Crippen LogP contribution in [0.5, 0.6) is 17.2 Å². The van der Waals surface area contributed by atoms with Crippen LogP contribution in [0.25, 0.3) is 6.08 Å². The Kier molecular flexibility index (Phi) is 9.05. The summed E-state index contributed by atoms with van der Waals surface area (Å²) in [6, 6.07) is 15.0. The van der Waals surface area contributed by atoms with Gasteiger partial charge in [0.25, 0.3) is 11.6 Å². The van der Waals surface area contributed by atoms with Crippen LogP contribution in [0.1, 0.15) is 18.1 Å². The summed E-state index contributed by atoms with van der Waals surface area (Å²) in [5.41, 5.74) is 1.41. The maximum absolute atomic E-state index is 13.0. The van der Waals surface area contributed by atoms with Gasteiger partial charge in [-0.25, -0.2) is 9.69 Å². The fourth-order valence-corrected chi connectivity index (χ4v) is 4.18. The Morgan fingerprint density at radius 1 is 1.10 bits per heavy atom. The Balaban J connectivity index is 1.48. The smallest absolute Gasteiger partial charge is 0.329 e. The highest BCUT2D eigenvalue weighted by atomic mass is 35.5. The molecule has 0 aliphatic carbocycles. The number of carbonyl (C=O) groups excluding carboxylic acids is 3. The molecule has 1 aliphatic heterocycles. The minimum Gasteiger partial charge on any atom is -0.495 e. The number of urea groups is 1. The molecule has 0 unspecified atom stereocenters. The maximum atomic E-state index is 13.0. The lowest BCUT2D eigenvalue weighted by atomic mass is 10.1. The van der Waals surface area contributed by atoms with Gasteiger partial charge in [0.2, 0.25) is 5.91 Å². The number of ether oxygens (including phenoxy) is 3. The van der Waals surface area contributed by atoms with Gasteiger partial charge in [0.15, 0.2) is 11.5 Å². The van der Waals surface area contributed by atoms with Crippen molar-refractivity contribution in [2.45, 2.75) is 13.5 Å². The number of hydrogen-bond acceptors (Lipinski definition) is 8. The molecule has 1 saturated heterocycles. The van der Waals surface area contributed by atoms with E-state index in [2.05, 4.69) is 10.6 Å². The van der Waals surface area contributed by atoms with E-state index >= 15 is 0 Å². The summed E-state index contributed by atoms with van der Waals surface area (Å²) in [5.74, 6) is -0.321. The highest BCUT2D eigenvalue weighted by molar-refractivity contribution is 6.32. The van der Waals surface area contributed by atoms with Gasteiger partial charge in [-0.3, -0.25) is 19.7 Å². The number of carbonyl (C=O) groups is 3. The molecule has 0 bridgehead atoms. The van der Waals surface area contributed by atoms with Gasteiger partial charge in [0.05, 0.1) is 29.4 Å². The Bertz CT molecular complexity index is 1520. The predicted molar refractivity (Wildman–Crippen MR) is 150 cm³/mol. The molecule has 3 aromatic rings. The minimum absolute atomic E-state index is 0.0386. The number of non-ortho nitro benzene ring substituents is 1. The van der Waals surface area contributed by atoms with Gasteiger partial charge in [-0.05, 0) is 60.5 Å². The summed E-state index contributed by atoms with van der Waals surface area (Å²) >= 11 is 6.48. The molecule has 3 aromatic carbocycles. The molecule has 13 heteroatoms. The molecular formula is C28H25ClN4O8. The lowest BCUT2D eigenvalue weighted by molar-refractivity contribution is -0.384. The molecule has 0 atom stereocenters. The Morgan fingerprint density at radius 2 is 1.83 bits per heavy atom. The first kappa shape index (κ1) is 28.9. The number of methoxy groups -OCH3 is 1. The first-order valence-corrected chi connectivity index (χ1v) is 12.7. The van der Waals surface area contributed by atoms with E-state index in [4.69, 9.17) is 25.8 Å². The zero-order valence-electron chi connectivity index (χ0n) is 22.0. The molecule has 0 spiro atoms. The van der Waals surface area contributed by atoms with E-state index in [1.54, 1.807) is 49.4 Å². The van der Waals surface area contributed by atoms with Crippen molar-refractivity contribution in [1.29, 1.82) is 0 Å². The van der Waals surface area contributed by atoms with Crippen LogP contribution in [0.3, 0.4) is 0 Å². The first-order valence-electron chi connectivity index (χ1n) is 12.3. The maximum Gasteiger partial charge on any atom is 0.329 e. The number of benzene rings is 3. The third kappa shape index (κ3) is 6.92. The van der Waals surface area contributed by atoms with Crippen molar-refractivity contribution in [1.82, 2.24) is 10.2 Å². The number of nitro groups is 1. The topological polar surface area (TPSA) is 149 Å². The number of rotatable bonds is 11. The lowest BCUT2D eigenvalue weighted by Gasteiger charge is -2.15. The SMILES string of the molecule is CCOc1cc(/C=C2/NC(=O)N(CC(=O)Nc3ccccc3OC)C2=O)cc(Cl)c1OCc1ccc([N+](=O)[O-])cc1. The summed E-state index contributed by atoms with van der Waals surface area (Å²) in [7, 11) is 1.46. The first-order chi connectivity index (χ1) is 19.7. The molecule has 41 heavy (non-hydrogen) atoms. The van der Waals surface area contributed by atoms with Gasteiger partial charge in [0, 0.05) is 12.1 Å². The molecule has 0 saturated carbocycles. The van der Waals surface area contributed by atoms with Crippen molar-refractivity contribution in [3.63, 3.8) is 0 Å². The van der Waals surface area contributed by atoms with Gasteiger partial charge in [-0.2, -0.15) is 0 Å². The van der Waals surface area contributed by atoms with Crippen LogP contribution in [0.4, 0.5) is 16.2 Å². The average molecular weight is 581 g/mol. The normalized spacial score (nSPS) is 13.6. The van der Waals surface area contributed by atoms with Crippen molar-refractivity contribution < 1.29 is 33.5 Å². The molecule has 2 N–H and O–H groups in total. The van der Waals surface area contributed by atoms with Crippen molar-refractivity contribution in [3.8, 4) is 17.2 Å². The quantitative estimate of drug-likeness (QED) is 0.143. The molecule has 0 radical (unpaired) electrons. The van der Waals surface area contributed by atoms with Gasteiger partial charge < -0.3 is 24.8 Å². The molecule has 12 nitrogen and oxygen atoms in total. The van der Waals surface area contributed by atoms with Gasteiger partial charge in [0.1, 0.15) is 24.6 Å². The number of hydrogen-bond donors (Lipinski definition) is 2. The zero-order valence-corrected chi connectivity index (χ0v) is 22.8. The Hall–Kier alpha value is -5.10. The number of nitrogens with one attached hydrogen (secondary N) is 2. The van der Waals surface area contributed by atoms with Gasteiger partial charge >= 0.3 is 6.03 Å². The van der Waals surface area contributed by atoms with E-state index in [0.29, 0.717) is 28.3 Å². The molecule has 1 heterocycles. The van der Waals surface area contributed by atoms with Gasteiger partial charge in [-0.15, -0.1) is 0 Å². The van der Waals surface area contributed by atoms with E-state index in [1.807, 2.05) is 0 Å². The molecule has 4 rings (SSSR count). The van der Waals surface area contributed by atoms with Crippen molar-refractivity contribution >= 4 is 46.9 Å². The second-order valence-electron chi connectivity index (χ2n) is 8.60. The van der Waals surface area contributed by atoms with Crippen molar-refractivity contribution in [2.75, 3.05) is 25.6 Å². The van der Waals surface area contributed by atoms with Crippen LogP contribution in [0.2, 0.25) is 5.02 Å². The fraction of sp³-hybridized carbons (Fsp3) is 0.179. The number of para-hydroxylation sites is 2. The summed E-state index contributed by atoms with van der Waals surface area (Å²) in [4.78, 5) is 49.2. The van der Waals surface area contributed by atoms with Crippen LogP contribution in [0, 0.1) is 10.1 Å².